The molecule has 17 heavy (non-hydrogen) atoms. The maximum absolute atomic E-state index is 11.4. The van der Waals surface area contributed by atoms with E-state index in [9.17, 15) is 4.79 Å². The van der Waals surface area contributed by atoms with Crippen molar-refractivity contribution in [2.24, 2.45) is 0 Å². The average Bonchev–Trinajstić information content (AvgIpc) is 2.23. The highest BCUT2D eigenvalue weighted by molar-refractivity contribution is 9.10. The molecule has 1 aromatic carbocycles. The number of hydrogen-bond acceptors (Lipinski definition) is 3. The van der Waals surface area contributed by atoms with E-state index in [-0.39, 0.29) is 24.8 Å². The summed E-state index contributed by atoms with van der Waals surface area (Å²) in [5.41, 5.74) is 0.623. The molecule has 0 aliphatic carbocycles. The molecule has 0 spiro atoms. The first kappa shape index (κ1) is 14.2. The Bertz CT molecular complexity index is 382. The van der Waals surface area contributed by atoms with Crippen LogP contribution in [-0.4, -0.2) is 18.2 Å². The third kappa shape index (κ3) is 6.44. The van der Waals surface area contributed by atoms with Crippen LogP contribution >= 0.6 is 15.9 Å². The van der Waals surface area contributed by atoms with Crippen LogP contribution in [0.2, 0.25) is 0 Å². The molecule has 94 valence electrons. The fourth-order valence-electron chi connectivity index (χ4n) is 1.11. The lowest BCUT2D eigenvalue weighted by Crippen LogP contribution is -2.24. The quantitative estimate of drug-likeness (QED) is 0.800. The molecule has 1 rings (SSSR count). The number of rotatable bonds is 4. The summed E-state index contributed by atoms with van der Waals surface area (Å²) >= 11 is 3.36. The summed E-state index contributed by atoms with van der Waals surface area (Å²) in [5, 5.41) is 0. The van der Waals surface area contributed by atoms with Gasteiger partial charge in [-0.3, -0.25) is 0 Å². The highest BCUT2D eigenvalue weighted by Gasteiger charge is 2.13. The maximum atomic E-state index is 11.4. The van der Waals surface area contributed by atoms with Gasteiger partial charge in [0.15, 0.2) is 0 Å². The summed E-state index contributed by atoms with van der Waals surface area (Å²) in [6, 6.07) is 7.65. The topological polar surface area (TPSA) is 35.5 Å². The molecular weight excluding hydrogens is 284 g/mol. The van der Waals surface area contributed by atoms with Gasteiger partial charge in [-0.25, -0.2) is 4.79 Å². The lowest BCUT2D eigenvalue weighted by Gasteiger charge is -2.18. The molecule has 0 heterocycles. The van der Waals surface area contributed by atoms with Crippen molar-refractivity contribution in [1.82, 2.24) is 0 Å². The standard InChI is InChI=1S/C13H17BrO3/c1-13(2,3)17-9-12(15)16-8-10-5-4-6-11(14)7-10/h4-7H,8-9H2,1-3H3. The Labute approximate surface area is 110 Å². The van der Waals surface area contributed by atoms with Crippen molar-refractivity contribution < 1.29 is 14.3 Å². The zero-order valence-electron chi connectivity index (χ0n) is 10.3. The predicted molar refractivity (Wildman–Crippen MR) is 69.6 cm³/mol. The first-order valence-electron chi connectivity index (χ1n) is 5.41. The van der Waals surface area contributed by atoms with Gasteiger partial charge in [0.2, 0.25) is 0 Å². The Kier molecular flexibility index (Phi) is 5.15. The van der Waals surface area contributed by atoms with Crippen molar-refractivity contribution in [1.29, 1.82) is 0 Å². The lowest BCUT2D eigenvalue weighted by molar-refractivity contribution is -0.155. The maximum Gasteiger partial charge on any atom is 0.332 e. The van der Waals surface area contributed by atoms with Gasteiger partial charge in [0.25, 0.3) is 0 Å². The van der Waals surface area contributed by atoms with Crippen LogP contribution in [0.15, 0.2) is 28.7 Å². The van der Waals surface area contributed by atoms with E-state index in [0.717, 1.165) is 10.0 Å². The molecule has 0 fully saturated rings. The first-order valence-corrected chi connectivity index (χ1v) is 6.20. The zero-order chi connectivity index (χ0) is 12.9. The smallest absolute Gasteiger partial charge is 0.332 e. The second-order valence-corrected chi connectivity index (χ2v) is 5.61. The van der Waals surface area contributed by atoms with Crippen LogP contribution in [0, 0.1) is 0 Å². The van der Waals surface area contributed by atoms with Crippen LogP contribution in [-0.2, 0) is 20.9 Å². The molecule has 3 nitrogen and oxygen atoms in total. The summed E-state index contributed by atoms with van der Waals surface area (Å²) in [7, 11) is 0. The molecule has 0 radical (unpaired) electrons. The number of benzene rings is 1. The van der Waals surface area contributed by atoms with Crippen molar-refractivity contribution in [2.75, 3.05) is 6.61 Å². The van der Waals surface area contributed by atoms with Crippen LogP contribution in [0.5, 0.6) is 0 Å². The van der Waals surface area contributed by atoms with Gasteiger partial charge in [0, 0.05) is 4.47 Å². The normalized spacial score (nSPS) is 11.3. The third-order valence-corrected chi connectivity index (χ3v) is 2.41. The summed E-state index contributed by atoms with van der Waals surface area (Å²) in [5.74, 6) is -0.347. The Morgan fingerprint density at radius 1 is 1.35 bits per heavy atom. The highest BCUT2D eigenvalue weighted by Crippen LogP contribution is 2.12. The van der Waals surface area contributed by atoms with Crippen LogP contribution < -0.4 is 0 Å². The van der Waals surface area contributed by atoms with Gasteiger partial charge >= 0.3 is 5.97 Å². The van der Waals surface area contributed by atoms with Crippen LogP contribution in [0.3, 0.4) is 0 Å². The van der Waals surface area contributed by atoms with Crippen LogP contribution in [0.25, 0.3) is 0 Å². The van der Waals surface area contributed by atoms with Crippen LogP contribution in [0.1, 0.15) is 26.3 Å². The van der Waals surface area contributed by atoms with Gasteiger partial charge < -0.3 is 9.47 Å². The summed E-state index contributed by atoms with van der Waals surface area (Å²) in [4.78, 5) is 11.4. The van der Waals surface area contributed by atoms with Gasteiger partial charge in [0.1, 0.15) is 13.2 Å². The molecule has 0 atom stereocenters. The number of carbonyl (C=O) groups is 1. The molecule has 0 saturated carbocycles. The minimum atomic E-state index is -0.347. The molecule has 0 aromatic heterocycles. The van der Waals surface area contributed by atoms with Gasteiger partial charge in [-0.2, -0.15) is 0 Å². The molecule has 0 unspecified atom stereocenters. The fraction of sp³-hybridized carbons (Fsp3) is 0.462. The van der Waals surface area contributed by atoms with E-state index in [1.807, 2.05) is 45.0 Å². The molecule has 0 saturated heterocycles. The van der Waals surface area contributed by atoms with Gasteiger partial charge in [-0.1, -0.05) is 28.1 Å². The molecule has 0 N–H and O–H groups in total. The molecule has 0 bridgehead atoms. The van der Waals surface area contributed by atoms with Crippen molar-refractivity contribution in [3.8, 4) is 0 Å². The number of carbonyl (C=O) groups excluding carboxylic acids is 1. The second-order valence-electron chi connectivity index (χ2n) is 4.69. The van der Waals surface area contributed by atoms with E-state index in [4.69, 9.17) is 9.47 Å². The number of esters is 1. The second kappa shape index (κ2) is 6.17. The van der Waals surface area contributed by atoms with E-state index >= 15 is 0 Å². The highest BCUT2D eigenvalue weighted by atomic mass is 79.9. The SMILES string of the molecule is CC(C)(C)OCC(=O)OCc1cccc(Br)c1. The van der Waals surface area contributed by atoms with Gasteiger partial charge in [-0.05, 0) is 38.5 Å². The summed E-state index contributed by atoms with van der Waals surface area (Å²) in [6.07, 6.45) is 0. The van der Waals surface area contributed by atoms with E-state index in [2.05, 4.69) is 15.9 Å². The number of ether oxygens (including phenoxy) is 2. The Hall–Kier alpha value is -0.870. The minimum Gasteiger partial charge on any atom is -0.459 e. The summed E-state index contributed by atoms with van der Waals surface area (Å²) in [6.45, 7) is 5.95. The Morgan fingerprint density at radius 3 is 2.65 bits per heavy atom. The van der Waals surface area contributed by atoms with E-state index in [0.29, 0.717) is 0 Å². The Morgan fingerprint density at radius 2 is 2.06 bits per heavy atom. The number of halogens is 1. The van der Waals surface area contributed by atoms with Gasteiger partial charge in [0.05, 0.1) is 5.60 Å². The number of hydrogen-bond donors (Lipinski definition) is 0. The summed E-state index contributed by atoms with van der Waals surface area (Å²) < 4.78 is 11.4. The largest absolute Gasteiger partial charge is 0.459 e. The van der Waals surface area contributed by atoms with Crippen molar-refractivity contribution >= 4 is 21.9 Å². The molecule has 4 heteroatoms. The fourth-order valence-corrected chi connectivity index (χ4v) is 1.55. The average molecular weight is 301 g/mol. The molecular formula is C13H17BrO3. The van der Waals surface area contributed by atoms with Crippen molar-refractivity contribution in [3.05, 3.63) is 34.3 Å². The van der Waals surface area contributed by atoms with E-state index < -0.39 is 0 Å². The van der Waals surface area contributed by atoms with Crippen molar-refractivity contribution in [3.63, 3.8) is 0 Å². The zero-order valence-corrected chi connectivity index (χ0v) is 11.9. The van der Waals surface area contributed by atoms with Crippen molar-refractivity contribution in [2.45, 2.75) is 33.0 Å². The third-order valence-electron chi connectivity index (χ3n) is 1.91. The van der Waals surface area contributed by atoms with Crippen LogP contribution in [0.4, 0.5) is 0 Å². The predicted octanol–water partition coefficient (Wildman–Crippen LogP) is 3.31. The molecule has 0 amide bonds. The lowest BCUT2D eigenvalue weighted by atomic mass is 10.2. The van der Waals surface area contributed by atoms with Gasteiger partial charge in [-0.15, -0.1) is 0 Å². The van der Waals surface area contributed by atoms with E-state index in [1.165, 1.54) is 0 Å². The first-order chi connectivity index (χ1) is 7.87. The molecule has 0 aliphatic rings. The van der Waals surface area contributed by atoms with E-state index in [1.54, 1.807) is 0 Å². The molecule has 0 aliphatic heterocycles. The monoisotopic (exact) mass is 300 g/mol. The molecule has 1 aromatic rings. The Balaban J connectivity index is 2.33. The minimum absolute atomic E-state index is 0.0164.